The Balaban J connectivity index is 1.85. The van der Waals surface area contributed by atoms with Gasteiger partial charge in [-0.05, 0) is 29.2 Å². The molecule has 0 saturated heterocycles. The Kier molecular flexibility index (Phi) is 7.28. The summed E-state index contributed by atoms with van der Waals surface area (Å²) in [5.74, 6) is 0.865. The molecule has 29 heavy (non-hydrogen) atoms. The van der Waals surface area contributed by atoms with E-state index in [1.165, 1.54) is 41.3 Å². The van der Waals surface area contributed by atoms with Gasteiger partial charge in [0.05, 0.1) is 23.1 Å². The van der Waals surface area contributed by atoms with E-state index in [0.717, 1.165) is 16.0 Å². The molecule has 0 spiro atoms. The lowest BCUT2D eigenvalue weighted by molar-refractivity contribution is -0.141. The molecule has 1 aromatic heterocycles. The topological polar surface area (TPSA) is 60.7 Å². The molecule has 0 saturated carbocycles. The fourth-order valence-corrected chi connectivity index (χ4v) is 4.71. The zero-order chi connectivity index (χ0) is 20.8. The second-order valence-electron chi connectivity index (χ2n) is 6.91. The molecule has 0 bridgehead atoms. The van der Waals surface area contributed by atoms with E-state index in [-0.39, 0.29) is 18.4 Å². The van der Waals surface area contributed by atoms with Gasteiger partial charge in [0.25, 0.3) is 5.91 Å². The van der Waals surface area contributed by atoms with Crippen LogP contribution in [0, 0.1) is 0 Å². The van der Waals surface area contributed by atoms with Crippen molar-refractivity contribution in [3.63, 3.8) is 0 Å². The number of thiazole rings is 1. The van der Waals surface area contributed by atoms with Gasteiger partial charge in [-0.3, -0.25) is 9.59 Å². The van der Waals surface area contributed by atoms with Crippen LogP contribution >= 0.6 is 23.1 Å². The largest absolute Gasteiger partial charge is 0.468 e. The second kappa shape index (κ2) is 9.89. The summed E-state index contributed by atoms with van der Waals surface area (Å²) in [6.45, 7) is 4.30. The highest BCUT2D eigenvalue weighted by molar-refractivity contribution is 7.99. The quantitative estimate of drug-likeness (QED) is 0.525. The number of rotatable bonds is 7. The number of hydrogen-bond donors (Lipinski definition) is 0. The normalized spacial score (nSPS) is 11.9. The number of carbonyl (C=O) groups is 2. The molecule has 7 heteroatoms. The van der Waals surface area contributed by atoms with Gasteiger partial charge in [-0.2, -0.15) is 4.99 Å². The summed E-state index contributed by atoms with van der Waals surface area (Å²) < 4.78 is 7.59. The Morgan fingerprint density at radius 2 is 1.93 bits per heavy atom. The predicted molar refractivity (Wildman–Crippen MR) is 119 cm³/mol. The number of nitrogens with zero attached hydrogens (tertiary/aromatic N) is 2. The second-order valence-corrected chi connectivity index (χ2v) is 8.91. The molecule has 5 nitrogen and oxygen atoms in total. The summed E-state index contributed by atoms with van der Waals surface area (Å²) in [4.78, 5) is 29.2. The van der Waals surface area contributed by atoms with Crippen LogP contribution in [0.4, 0.5) is 0 Å². The molecule has 0 aliphatic rings. The number of fused-ring (bicyclic) bond motifs is 1. The van der Waals surface area contributed by atoms with Crippen molar-refractivity contribution in [3.8, 4) is 0 Å². The SMILES string of the molecule is COC(=O)Cn1c(=NC(=O)CSCc2ccccc2)sc2cc(C(C)C)ccc21. The third-order valence-electron chi connectivity index (χ3n) is 4.45. The third kappa shape index (κ3) is 5.58. The van der Waals surface area contributed by atoms with E-state index in [0.29, 0.717) is 16.5 Å². The average Bonchev–Trinajstić information content (AvgIpc) is 3.04. The Morgan fingerprint density at radius 1 is 1.17 bits per heavy atom. The Bertz CT molecular complexity index is 1070. The summed E-state index contributed by atoms with van der Waals surface area (Å²) in [6.07, 6.45) is 0. The van der Waals surface area contributed by atoms with Crippen LogP contribution in [0.3, 0.4) is 0 Å². The van der Waals surface area contributed by atoms with Crippen molar-refractivity contribution in [2.75, 3.05) is 12.9 Å². The standard InChI is InChI=1S/C22H24N2O3S2/c1-15(2)17-9-10-18-19(11-17)29-22(24(18)12-21(26)27-3)23-20(25)14-28-13-16-7-5-4-6-8-16/h4-11,15H,12-14H2,1-3H3. The van der Waals surface area contributed by atoms with Crippen LogP contribution < -0.4 is 4.80 Å². The molecule has 1 amide bonds. The molecule has 0 unspecified atom stereocenters. The fraction of sp³-hybridized carbons (Fsp3) is 0.318. The summed E-state index contributed by atoms with van der Waals surface area (Å²) in [6, 6.07) is 16.2. The Labute approximate surface area is 178 Å². The van der Waals surface area contributed by atoms with E-state index in [2.05, 4.69) is 31.0 Å². The van der Waals surface area contributed by atoms with Crippen LogP contribution in [0.25, 0.3) is 10.2 Å². The lowest BCUT2D eigenvalue weighted by Crippen LogP contribution is -2.22. The lowest BCUT2D eigenvalue weighted by atomic mass is 10.0. The number of methoxy groups -OCH3 is 1. The van der Waals surface area contributed by atoms with E-state index < -0.39 is 0 Å². The van der Waals surface area contributed by atoms with E-state index in [1.54, 1.807) is 4.57 Å². The van der Waals surface area contributed by atoms with Crippen molar-refractivity contribution in [1.82, 2.24) is 4.57 Å². The monoisotopic (exact) mass is 428 g/mol. The van der Waals surface area contributed by atoms with Crippen LogP contribution in [-0.2, 0) is 26.6 Å². The summed E-state index contributed by atoms with van der Waals surface area (Å²) >= 11 is 2.96. The first-order chi connectivity index (χ1) is 14.0. The van der Waals surface area contributed by atoms with Crippen molar-refractivity contribution in [3.05, 3.63) is 64.5 Å². The van der Waals surface area contributed by atoms with Gasteiger partial charge in [-0.25, -0.2) is 0 Å². The van der Waals surface area contributed by atoms with E-state index in [4.69, 9.17) is 4.74 Å². The third-order valence-corrected chi connectivity index (χ3v) is 6.48. The lowest BCUT2D eigenvalue weighted by Gasteiger charge is -2.06. The number of ether oxygens (including phenoxy) is 1. The van der Waals surface area contributed by atoms with Gasteiger partial charge in [-0.1, -0.05) is 61.6 Å². The predicted octanol–water partition coefficient (Wildman–Crippen LogP) is 4.36. The first-order valence-corrected chi connectivity index (χ1v) is 11.3. The fourth-order valence-electron chi connectivity index (χ4n) is 2.85. The minimum atomic E-state index is -0.370. The highest BCUT2D eigenvalue weighted by Gasteiger charge is 2.13. The minimum absolute atomic E-state index is 0.0286. The Hall–Kier alpha value is -2.38. The number of hydrogen-bond acceptors (Lipinski definition) is 5. The van der Waals surface area contributed by atoms with Crippen LogP contribution in [0.1, 0.15) is 30.9 Å². The van der Waals surface area contributed by atoms with Gasteiger partial charge in [0.1, 0.15) is 6.54 Å². The maximum atomic E-state index is 12.5. The van der Waals surface area contributed by atoms with E-state index in [9.17, 15) is 9.59 Å². The first kappa shape index (κ1) is 21.3. The molecule has 0 aliphatic heterocycles. The Morgan fingerprint density at radius 3 is 2.62 bits per heavy atom. The molecular formula is C22H24N2O3S2. The van der Waals surface area contributed by atoms with Crippen LogP contribution in [0.5, 0.6) is 0 Å². The van der Waals surface area contributed by atoms with Crippen LogP contribution in [0.2, 0.25) is 0 Å². The molecular weight excluding hydrogens is 404 g/mol. The molecule has 0 fully saturated rings. The average molecular weight is 429 g/mol. The zero-order valence-electron chi connectivity index (χ0n) is 16.8. The number of amides is 1. The zero-order valence-corrected chi connectivity index (χ0v) is 18.4. The summed E-state index contributed by atoms with van der Waals surface area (Å²) in [7, 11) is 1.36. The van der Waals surface area contributed by atoms with Crippen molar-refractivity contribution in [2.45, 2.75) is 32.1 Å². The first-order valence-electron chi connectivity index (χ1n) is 9.37. The molecule has 1 heterocycles. The van der Waals surface area contributed by atoms with E-state index in [1.807, 2.05) is 36.4 Å². The van der Waals surface area contributed by atoms with Gasteiger partial charge < -0.3 is 9.30 Å². The molecule has 0 aliphatic carbocycles. The van der Waals surface area contributed by atoms with Gasteiger partial charge >= 0.3 is 5.97 Å². The summed E-state index contributed by atoms with van der Waals surface area (Å²) in [5, 5.41) is 0. The minimum Gasteiger partial charge on any atom is -0.468 e. The van der Waals surface area contributed by atoms with Gasteiger partial charge in [0, 0.05) is 5.75 Å². The number of esters is 1. The van der Waals surface area contributed by atoms with Crippen molar-refractivity contribution in [1.29, 1.82) is 0 Å². The smallest absolute Gasteiger partial charge is 0.325 e. The highest BCUT2D eigenvalue weighted by Crippen LogP contribution is 2.23. The molecule has 0 N–H and O–H groups in total. The molecule has 0 atom stereocenters. The number of benzene rings is 2. The van der Waals surface area contributed by atoms with E-state index >= 15 is 0 Å². The number of carbonyl (C=O) groups excluding carboxylic acids is 2. The molecule has 3 rings (SSSR count). The number of thioether (sulfide) groups is 1. The maximum absolute atomic E-state index is 12.5. The highest BCUT2D eigenvalue weighted by atomic mass is 32.2. The van der Waals surface area contributed by atoms with Crippen molar-refractivity contribution < 1.29 is 14.3 Å². The van der Waals surface area contributed by atoms with Crippen LogP contribution in [-0.4, -0.2) is 29.3 Å². The van der Waals surface area contributed by atoms with Gasteiger partial charge in [-0.15, -0.1) is 11.8 Å². The molecule has 3 aromatic rings. The maximum Gasteiger partial charge on any atom is 0.325 e. The van der Waals surface area contributed by atoms with Gasteiger partial charge in [0.15, 0.2) is 4.80 Å². The number of aromatic nitrogens is 1. The molecule has 152 valence electrons. The summed E-state index contributed by atoms with van der Waals surface area (Å²) in [5.41, 5.74) is 3.27. The van der Waals surface area contributed by atoms with Crippen molar-refractivity contribution >= 4 is 45.2 Å². The molecule has 0 radical (unpaired) electrons. The van der Waals surface area contributed by atoms with Gasteiger partial charge in [0.2, 0.25) is 0 Å². The van der Waals surface area contributed by atoms with Crippen molar-refractivity contribution in [2.24, 2.45) is 4.99 Å². The van der Waals surface area contributed by atoms with Crippen LogP contribution in [0.15, 0.2) is 53.5 Å². The molecule has 2 aromatic carbocycles.